The second-order valence-corrected chi connectivity index (χ2v) is 6.34. The Labute approximate surface area is 164 Å². The minimum absolute atomic E-state index is 0.154. The van der Waals surface area contributed by atoms with Crippen LogP contribution in [0.3, 0.4) is 0 Å². The van der Waals surface area contributed by atoms with E-state index in [1.54, 1.807) is 42.2 Å². The maximum absolute atomic E-state index is 13.1. The Bertz CT molecular complexity index is 1120. The average molecular weight is 397 g/mol. The van der Waals surface area contributed by atoms with Gasteiger partial charge in [0.25, 0.3) is 5.91 Å². The molecule has 0 fully saturated rings. The third-order valence-corrected chi connectivity index (χ3v) is 4.46. The molecule has 0 radical (unpaired) electrons. The molecule has 9 heteroatoms. The highest BCUT2D eigenvalue weighted by atomic mass is 35.5. The van der Waals surface area contributed by atoms with Gasteiger partial charge in [-0.25, -0.2) is 18.7 Å². The van der Waals surface area contributed by atoms with Crippen molar-refractivity contribution in [1.29, 1.82) is 0 Å². The minimum atomic E-state index is -0.385. The molecule has 0 aliphatic rings. The Morgan fingerprint density at radius 1 is 1.07 bits per heavy atom. The second kappa shape index (κ2) is 7.24. The summed E-state index contributed by atoms with van der Waals surface area (Å²) in [6.07, 6.45) is 3.03. The van der Waals surface area contributed by atoms with Crippen molar-refractivity contribution in [3.8, 4) is 11.4 Å². The van der Waals surface area contributed by atoms with E-state index in [4.69, 9.17) is 11.6 Å². The van der Waals surface area contributed by atoms with Crippen molar-refractivity contribution in [2.24, 2.45) is 0 Å². The van der Waals surface area contributed by atoms with Gasteiger partial charge in [0, 0.05) is 5.69 Å². The zero-order valence-corrected chi connectivity index (χ0v) is 15.4. The van der Waals surface area contributed by atoms with Crippen LogP contribution < -0.4 is 5.32 Å². The summed E-state index contributed by atoms with van der Waals surface area (Å²) in [7, 11) is 0. The van der Waals surface area contributed by atoms with Gasteiger partial charge < -0.3 is 5.32 Å². The SMILES string of the molecule is Cc1nn(-c2ccc(F)cc2)c(Cl)c1C(=O)Nc1ccc(-n2cncn2)cc1. The number of aryl methyl sites for hydroxylation is 1. The van der Waals surface area contributed by atoms with Crippen molar-refractivity contribution in [3.05, 3.63) is 83.4 Å². The molecule has 28 heavy (non-hydrogen) atoms. The molecular weight excluding hydrogens is 383 g/mol. The highest BCUT2D eigenvalue weighted by Crippen LogP contribution is 2.25. The van der Waals surface area contributed by atoms with E-state index in [1.165, 1.54) is 35.3 Å². The molecule has 7 nitrogen and oxygen atoms in total. The van der Waals surface area contributed by atoms with E-state index in [2.05, 4.69) is 20.5 Å². The molecule has 0 atom stereocenters. The first kappa shape index (κ1) is 17.9. The lowest BCUT2D eigenvalue weighted by Crippen LogP contribution is -2.13. The zero-order chi connectivity index (χ0) is 19.7. The highest BCUT2D eigenvalue weighted by Gasteiger charge is 2.21. The predicted octanol–water partition coefficient (Wildman–Crippen LogP) is 3.81. The number of halogens is 2. The molecule has 4 aromatic rings. The van der Waals surface area contributed by atoms with Gasteiger partial charge in [-0.15, -0.1) is 0 Å². The smallest absolute Gasteiger partial charge is 0.260 e. The van der Waals surface area contributed by atoms with Crippen molar-refractivity contribution in [2.75, 3.05) is 5.32 Å². The molecule has 0 saturated carbocycles. The monoisotopic (exact) mass is 396 g/mol. The first-order valence-electron chi connectivity index (χ1n) is 8.30. The summed E-state index contributed by atoms with van der Waals surface area (Å²) in [6.45, 7) is 1.69. The Balaban J connectivity index is 1.57. The number of nitrogens with zero attached hydrogens (tertiary/aromatic N) is 5. The van der Waals surface area contributed by atoms with Crippen LogP contribution in [0.15, 0.2) is 61.2 Å². The molecule has 1 N–H and O–H groups in total. The molecule has 4 rings (SSSR count). The van der Waals surface area contributed by atoms with Crippen molar-refractivity contribution in [3.63, 3.8) is 0 Å². The molecule has 0 saturated heterocycles. The highest BCUT2D eigenvalue weighted by molar-refractivity contribution is 6.34. The van der Waals surface area contributed by atoms with Gasteiger partial charge in [-0.1, -0.05) is 11.6 Å². The Morgan fingerprint density at radius 3 is 2.39 bits per heavy atom. The van der Waals surface area contributed by atoms with Gasteiger partial charge in [-0.05, 0) is 55.5 Å². The first-order valence-corrected chi connectivity index (χ1v) is 8.68. The van der Waals surface area contributed by atoms with Crippen LogP contribution in [-0.2, 0) is 0 Å². The minimum Gasteiger partial charge on any atom is -0.322 e. The molecule has 1 amide bonds. The first-order chi connectivity index (χ1) is 13.5. The third-order valence-electron chi connectivity index (χ3n) is 4.11. The lowest BCUT2D eigenvalue weighted by atomic mass is 10.2. The number of benzene rings is 2. The van der Waals surface area contributed by atoms with Gasteiger partial charge in [0.15, 0.2) is 0 Å². The van der Waals surface area contributed by atoms with E-state index < -0.39 is 0 Å². The summed E-state index contributed by atoms with van der Waals surface area (Å²) >= 11 is 6.39. The number of anilines is 1. The lowest BCUT2D eigenvalue weighted by Gasteiger charge is -2.07. The largest absolute Gasteiger partial charge is 0.322 e. The standard InChI is InChI=1S/C19H14ClFN6O/c1-12-17(18(20)27(25-12)16-6-2-13(21)3-7-16)19(28)24-14-4-8-15(9-5-14)26-11-22-10-23-26/h2-11H,1H3,(H,24,28). The zero-order valence-electron chi connectivity index (χ0n) is 14.7. The number of carbonyl (C=O) groups excluding carboxylic acids is 1. The van der Waals surface area contributed by atoms with Crippen molar-refractivity contribution < 1.29 is 9.18 Å². The summed E-state index contributed by atoms with van der Waals surface area (Å²) in [5, 5.41) is 11.3. The van der Waals surface area contributed by atoms with Crippen LogP contribution in [0.4, 0.5) is 10.1 Å². The fourth-order valence-corrected chi connectivity index (χ4v) is 3.10. The molecule has 140 valence electrons. The molecule has 2 aromatic carbocycles. The van der Waals surface area contributed by atoms with Gasteiger partial charge in [0.05, 0.1) is 17.1 Å². The average Bonchev–Trinajstić information content (AvgIpc) is 3.31. The lowest BCUT2D eigenvalue weighted by molar-refractivity contribution is 0.102. The second-order valence-electron chi connectivity index (χ2n) is 5.98. The van der Waals surface area contributed by atoms with Crippen LogP contribution >= 0.6 is 11.6 Å². The molecule has 0 aliphatic carbocycles. The quantitative estimate of drug-likeness (QED) is 0.569. The molecule has 2 heterocycles. The summed E-state index contributed by atoms with van der Waals surface area (Å²) in [5.41, 5.74) is 2.69. The normalized spacial score (nSPS) is 10.8. The number of carbonyl (C=O) groups is 1. The van der Waals surface area contributed by atoms with Crippen LogP contribution in [0.5, 0.6) is 0 Å². The number of hydrogen-bond acceptors (Lipinski definition) is 4. The van der Waals surface area contributed by atoms with E-state index in [9.17, 15) is 9.18 Å². The van der Waals surface area contributed by atoms with Crippen LogP contribution in [-0.4, -0.2) is 30.5 Å². The van der Waals surface area contributed by atoms with Crippen LogP contribution in [0.2, 0.25) is 5.15 Å². The van der Waals surface area contributed by atoms with Gasteiger partial charge in [-0.2, -0.15) is 10.2 Å². The topological polar surface area (TPSA) is 77.6 Å². The number of nitrogens with one attached hydrogen (secondary N) is 1. The molecule has 0 bridgehead atoms. The number of hydrogen-bond donors (Lipinski definition) is 1. The fourth-order valence-electron chi connectivity index (χ4n) is 2.74. The Hall–Kier alpha value is -3.52. The summed E-state index contributed by atoms with van der Waals surface area (Å²) < 4.78 is 16.2. The van der Waals surface area contributed by atoms with E-state index in [0.717, 1.165) is 5.69 Å². The Morgan fingerprint density at radius 2 is 1.75 bits per heavy atom. The molecule has 0 unspecified atom stereocenters. The van der Waals surface area contributed by atoms with Crippen LogP contribution in [0.1, 0.15) is 16.1 Å². The maximum atomic E-state index is 13.1. The molecule has 0 aliphatic heterocycles. The molecular formula is C19H14ClFN6O. The maximum Gasteiger partial charge on any atom is 0.260 e. The number of rotatable bonds is 4. The van der Waals surface area contributed by atoms with Crippen LogP contribution in [0, 0.1) is 12.7 Å². The van der Waals surface area contributed by atoms with E-state index in [1.807, 2.05) is 0 Å². The van der Waals surface area contributed by atoms with Crippen LogP contribution in [0.25, 0.3) is 11.4 Å². The van der Waals surface area contributed by atoms with E-state index in [0.29, 0.717) is 17.1 Å². The van der Waals surface area contributed by atoms with Crippen molar-refractivity contribution >= 4 is 23.2 Å². The third kappa shape index (κ3) is 3.37. The Kier molecular flexibility index (Phi) is 4.62. The van der Waals surface area contributed by atoms with Gasteiger partial charge in [-0.3, -0.25) is 4.79 Å². The van der Waals surface area contributed by atoms with E-state index >= 15 is 0 Å². The van der Waals surface area contributed by atoms with Gasteiger partial charge in [0.1, 0.15) is 29.2 Å². The van der Waals surface area contributed by atoms with Crippen molar-refractivity contribution in [2.45, 2.75) is 6.92 Å². The summed E-state index contributed by atoms with van der Waals surface area (Å²) in [4.78, 5) is 16.6. The summed E-state index contributed by atoms with van der Waals surface area (Å²) in [6, 6.07) is 12.8. The van der Waals surface area contributed by atoms with Crippen molar-refractivity contribution in [1.82, 2.24) is 24.5 Å². The summed E-state index contributed by atoms with van der Waals surface area (Å²) in [5.74, 6) is -0.750. The fraction of sp³-hybridized carbons (Fsp3) is 0.0526. The number of amides is 1. The van der Waals surface area contributed by atoms with Gasteiger partial charge in [0.2, 0.25) is 0 Å². The molecule has 2 aromatic heterocycles. The number of aromatic nitrogens is 5. The van der Waals surface area contributed by atoms with E-state index in [-0.39, 0.29) is 22.4 Å². The predicted molar refractivity (Wildman–Crippen MR) is 103 cm³/mol. The molecule has 0 spiro atoms. The van der Waals surface area contributed by atoms with Gasteiger partial charge >= 0.3 is 0 Å².